The third-order valence-corrected chi connectivity index (χ3v) is 4.01. The summed E-state index contributed by atoms with van der Waals surface area (Å²) in [7, 11) is 0. The molecule has 1 fully saturated rings. The number of β-amino-alcohol motifs (C(OH)–C–C–N with tert-alkyl or cyclic N) is 1. The largest absolute Gasteiger partial charge is 0.397 e. The van der Waals surface area contributed by atoms with Crippen LogP contribution in [-0.2, 0) is 0 Å². The molecule has 2 heterocycles. The molecule has 1 aromatic heterocycles. The highest BCUT2D eigenvalue weighted by Gasteiger charge is 2.24. The van der Waals surface area contributed by atoms with E-state index in [1.807, 2.05) is 18.2 Å². The van der Waals surface area contributed by atoms with E-state index in [1.54, 1.807) is 24.5 Å². The number of carbonyl (C=O) groups excluding carboxylic acids is 1. The third kappa shape index (κ3) is 3.67. The van der Waals surface area contributed by atoms with E-state index in [0.717, 1.165) is 24.1 Å². The molecule has 1 amide bonds. The van der Waals surface area contributed by atoms with Crippen molar-refractivity contribution in [1.82, 2.24) is 15.6 Å². The summed E-state index contributed by atoms with van der Waals surface area (Å²) in [5, 5.41) is 15.9. The van der Waals surface area contributed by atoms with E-state index < -0.39 is 6.10 Å². The molecule has 6 nitrogen and oxygen atoms in total. The summed E-state index contributed by atoms with van der Waals surface area (Å²) in [6, 6.07) is 8.89. The Morgan fingerprint density at radius 2 is 2.04 bits per heavy atom. The molecule has 1 aromatic carbocycles. The highest BCUT2D eigenvalue weighted by molar-refractivity contribution is 5.95. The number of carbonyl (C=O) groups is 1. The van der Waals surface area contributed by atoms with Crippen LogP contribution in [0.2, 0.25) is 0 Å². The molecule has 2 atom stereocenters. The normalized spacial score (nSPS) is 20.9. The van der Waals surface area contributed by atoms with Gasteiger partial charge in [-0.3, -0.25) is 9.78 Å². The van der Waals surface area contributed by atoms with Crippen molar-refractivity contribution in [1.29, 1.82) is 0 Å². The third-order valence-electron chi connectivity index (χ3n) is 4.01. The Hall–Kier alpha value is -2.44. The van der Waals surface area contributed by atoms with E-state index in [2.05, 4.69) is 15.6 Å². The monoisotopic (exact) mass is 312 g/mol. The molecule has 0 spiro atoms. The molecule has 0 bridgehead atoms. The Morgan fingerprint density at radius 1 is 1.26 bits per heavy atom. The first kappa shape index (κ1) is 15.5. The van der Waals surface area contributed by atoms with Crippen molar-refractivity contribution in [2.24, 2.45) is 0 Å². The molecular formula is C17H20N4O2. The Bertz CT molecular complexity index is 687. The van der Waals surface area contributed by atoms with Crippen molar-refractivity contribution in [2.75, 3.05) is 18.8 Å². The lowest BCUT2D eigenvalue weighted by atomic mass is 10.0. The maximum atomic E-state index is 12.3. The number of rotatable bonds is 3. The molecular weight excluding hydrogens is 292 g/mol. The van der Waals surface area contributed by atoms with Crippen LogP contribution < -0.4 is 16.4 Å². The first-order chi connectivity index (χ1) is 11.1. The van der Waals surface area contributed by atoms with Crippen LogP contribution in [0.4, 0.5) is 5.69 Å². The van der Waals surface area contributed by atoms with Crippen LogP contribution in [0.3, 0.4) is 0 Å². The van der Waals surface area contributed by atoms with E-state index in [4.69, 9.17) is 5.73 Å². The molecule has 1 aliphatic heterocycles. The molecule has 2 aromatic rings. The molecule has 0 unspecified atom stereocenters. The molecule has 120 valence electrons. The molecule has 1 aliphatic rings. The number of aliphatic hydroxyl groups excluding tert-OH is 1. The summed E-state index contributed by atoms with van der Waals surface area (Å²) < 4.78 is 0. The van der Waals surface area contributed by atoms with Gasteiger partial charge in [0, 0.05) is 30.1 Å². The average Bonchev–Trinajstić information content (AvgIpc) is 2.57. The van der Waals surface area contributed by atoms with Gasteiger partial charge in [-0.15, -0.1) is 0 Å². The summed E-state index contributed by atoms with van der Waals surface area (Å²) in [5.74, 6) is -0.173. The first-order valence-corrected chi connectivity index (χ1v) is 7.64. The summed E-state index contributed by atoms with van der Waals surface area (Å²) in [6.45, 7) is 1.30. The number of hydrogen-bond acceptors (Lipinski definition) is 5. The van der Waals surface area contributed by atoms with Gasteiger partial charge in [0.2, 0.25) is 0 Å². The lowest BCUT2D eigenvalue weighted by Crippen LogP contribution is -2.52. The molecule has 0 saturated carbocycles. The van der Waals surface area contributed by atoms with Crippen molar-refractivity contribution < 1.29 is 9.90 Å². The molecule has 23 heavy (non-hydrogen) atoms. The molecule has 3 rings (SSSR count). The fourth-order valence-corrected chi connectivity index (χ4v) is 2.69. The van der Waals surface area contributed by atoms with Crippen LogP contribution in [0, 0.1) is 0 Å². The minimum atomic E-state index is -0.551. The summed E-state index contributed by atoms with van der Waals surface area (Å²) in [5.41, 5.74) is 8.76. The van der Waals surface area contributed by atoms with E-state index in [9.17, 15) is 9.90 Å². The second kappa shape index (κ2) is 6.76. The van der Waals surface area contributed by atoms with E-state index in [0.29, 0.717) is 17.8 Å². The van der Waals surface area contributed by atoms with Gasteiger partial charge in [-0.25, -0.2) is 0 Å². The van der Waals surface area contributed by atoms with Crippen LogP contribution in [0.15, 0.2) is 42.7 Å². The van der Waals surface area contributed by atoms with E-state index in [1.165, 1.54) is 0 Å². The highest BCUT2D eigenvalue weighted by Crippen LogP contribution is 2.20. The number of nitrogen functional groups attached to an aromatic ring is 1. The van der Waals surface area contributed by atoms with Crippen LogP contribution in [-0.4, -0.2) is 41.2 Å². The standard InChI is InChI=1S/C17H20N4O2/c18-14-7-13(8-20-9-14)11-1-3-12(4-2-11)17(23)21-15-5-6-19-10-16(15)22/h1-4,7-9,15-16,19,22H,5-6,10,18H2,(H,21,23)/t15-,16-/m1/s1. The first-order valence-electron chi connectivity index (χ1n) is 7.64. The lowest BCUT2D eigenvalue weighted by Gasteiger charge is -2.29. The maximum Gasteiger partial charge on any atom is 0.251 e. The zero-order chi connectivity index (χ0) is 16.2. The number of nitrogens with zero attached hydrogens (tertiary/aromatic N) is 1. The minimum absolute atomic E-state index is 0.173. The second-order valence-corrected chi connectivity index (χ2v) is 5.72. The number of piperidine rings is 1. The van der Waals surface area contributed by atoms with Crippen LogP contribution in [0.5, 0.6) is 0 Å². The van der Waals surface area contributed by atoms with Gasteiger partial charge >= 0.3 is 0 Å². The lowest BCUT2D eigenvalue weighted by molar-refractivity contribution is 0.0765. The number of aromatic nitrogens is 1. The highest BCUT2D eigenvalue weighted by atomic mass is 16.3. The maximum absolute atomic E-state index is 12.3. The van der Waals surface area contributed by atoms with Crippen LogP contribution in [0.25, 0.3) is 11.1 Å². The Morgan fingerprint density at radius 3 is 2.74 bits per heavy atom. The Kier molecular flexibility index (Phi) is 4.55. The van der Waals surface area contributed by atoms with Gasteiger partial charge in [0.15, 0.2) is 0 Å². The minimum Gasteiger partial charge on any atom is -0.397 e. The molecule has 6 heteroatoms. The SMILES string of the molecule is Nc1cncc(-c2ccc(C(=O)N[C@@H]3CCNC[C@H]3O)cc2)c1. The van der Waals surface area contributed by atoms with Gasteiger partial charge < -0.3 is 21.5 Å². The van der Waals surface area contributed by atoms with Crippen LogP contribution >= 0.6 is 0 Å². The zero-order valence-corrected chi connectivity index (χ0v) is 12.7. The number of nitrogens with two attached hydrogens (primary N) is 1. The van der Waals surface area contributed by atoms with Gasteiger partial charge in [0.1, 0.15) is 0 Å². The van der Waals surface area contributed by atoms with E-state index >= 15 is 0 Å². The Balaban J connectivity index is 1.70. The number of nitrogens with one attached hydrogen (secondary N) is 2. The number of anilines is 1. The number of amides is 1. The van der Waals surface area contributed by atoms with Gasteiger partial charge in [-0.05, 0) is 36.7 Å². The number of benzene rings is 1. The van der Waals surface area contributed by atoms with Crippen molar-refractivity contribution in [3.8, 4) is 11.1 Å². The summed E-state index contributed by atoms with van der Waals surface area (Å²) >= 11 is 0. The van der Waals surface area contributed by atoms with Crippen molar-refractivity contribution >= 4 is 11.6 Å². The van der Waals surface area contributed by atoms with Crippen molar-refractivity contribution in [3.63, 3.8) is 0 Å². The van der Waals surface area contributed by atoms with Crippen molar-refractivity contribution in [2.45, 2.75) is 18.6 Å². The average molecular weight is 312 g/mol. The van der Waals surface area contributed by atoms with Gasteiger partial charge in [-0.2, -0.15) is 0 Å². The molecule has 5 N–H and O–H groups in total. The number of hydrogen-bond donors (Lipinski definition) is 4. The predicted octanol–water partition coefficient (Wildman–Crippen LogP) is 0.783. The molecule has 0 aliphatic carbocycles. The Labute approximate surface area is 134 Å². The van der Waals surface area contributed by atoms with Gasteiger partial charge in [0.25, 0.3) is 5.91 Å². The predicted molar refractivity (Wildman–Crippen MR) is 88.8 cm³/mol. The number of aliphatic hydroxyl groups is 1. The molecule has 0 radical (unpaired) electrons. The second-order valence-electron chi connectivity index (χ2n) is 5.72. The molecule has 1 saturated heterocycles. The topological polar surface area (TPSA) is 100 Å². The summed E-state index contributed by atoms with van der Waals surface area (Å²) in [6.07, 6.45) is 3.50. The van der Waals surface area contributed by atoms with Gasteiger partial charge in [0.05, 0.1) is 17.8 Å². The summed E-state index contributed by atoms with van der Waals surface area (Å²) in [4.78, 5) is 16.4. The fraction of sp³-hybridized carbons (Fsp3) is 0.294. The van der Waals surface area contributed by atoms with Crippen molar-refractivity contribution in [3.05, 3.63) is 48.3 Å². The van der Waals surface area contributed by atoms with Crippen LogP contribution in [0.1, 0.15) is 16.8 Å². The zero-order valence-electron chi connectivity index (χ0n) is 12.7. The number of pyridine rings is 1. The van der Waals surface area contributed by atoms with E-state index in [-0.39, 0.29) is 11.9 Å². The van der Waals surface area contributed by atoms with Gasteiger partial charge in [-0.1, -0.05) is 12.1 Å². The fourth-order valence-electron chi connectivity index (χ4n) is 2.69. The quantitative estimate of drug-likeness (QED) is 0.671. The smallest absolute Gasteiger partial charge is 0.251 e.